The van der Waals surface area contributed by atoms with Gasteiger partial charge in [0.25, 0.3) is 0 Å². The first-order valence-electron chi connectivity index (χ1n) is 5.62. The maximum absolute atomic E-state index is 13.6. The average Bonchev–Trinajstić information content (AvgIpc) is 2.38. The van der Waals surface area contributed by atoms with Gasteiger partial charge in [0, 0.05) is 11.8 Å². The molecule has 0 bridgehead atoms. The third-order valence-corrected chi connectivity index (χ3v) is 2.46. The topological polar surface area (TPSA) is 47.3 Å². The Bertz CT molecular complexity index is 657. The van der Waals surface area contributed by atoms with Crippen LogP contribution >= 0.6 is 0 Å². The summed E-state index contributed by atoms with van der Waals surface area (Å²) in [4.78, 5) is 0. The summed E-state index contributed by atoms with van der Waals surface area (Å²) in [6.45, 7) is 0. The normalized spacial score (nSPS) is 11.3. The van der Waals surface area contributed by atoms with E-state index in [0.717, 1.165) is 24.3 Å². The van der Waals surface area contributed by atoms with E-state index in [4.69, 9.17) is 5.73 Å². The van der Waals surface area contributed by atoms with Crippen molar-refractivity contribution in [2.75, 3.05) is 11.1 Å². The van der Waals surface area contributed by atoms with Gasteiger partial charge in [0.1, 0.15) is 11.4 Å². The van der Waals surface area contributed by atoms with Crippen molar-refractivity contribution in [2.24, 2.45) is 0 Å². The van der Waals surface area contributed by atoms with Crippen molar-refractivity contribution in [2.45, 2.75) is 6.36 Å². The standard InChI is InChI=1S/C13H9F5N2O/c14-9-4-5-10(19)12(11(9)15)20-7-2-1-3-8(6-7)21-13(16,17)18/h1-6,20H,19H2. The van der Waals surface area contributed by atoms with Gasteiger partial charge >= 0.3 is 6.36 Å². The molecule has 8 heteroatoms. The second-order valence-corrected chi connectivity index (χ2v) is 4.03. The van der Waals surface area contributed by atoms with Crippen LogP contribution < -0.4 is 15.8 Å². The minimum absolute atomic E-state index is 0.0629. The molecule has 112 valence electrons. The molecular formula is C13H9F5N2O. The van der Waals surface area contributed by atoms with Crippen molar-refractivity contribution in [1.82, 2.24) is 0 Å². The fourth-order valence-corrected chi connectivity index (χ4v) is 1.61. The highest BCUT2D eigenvalue weighted by atomic mass is 19.4. The van der Waals surface area contributed by atoms with E-state index < -0.39 is 23.7 Å². The monoisotopic (exact) mass is 304 g/mol. The first-order valence-corrected chi connectivity index (χ1v) is 5.62. The lowest BCUT2D eigenvalue weighted by molar-refractivity contribution is -0.274. The first kappa shape index (κ1) is 14.9. The van der Waals surface area contributed by atoms with Crippen molar-refractivity contribution >= 4 is 17.1 Å². The van der Waals surface area contributed by atoms with Crippen molar-refractivity contribution in [3.63, 3.8) is 0 Å². The van der Waals surface area contributed by atoms with Crippen LogP contribution in [0.2, 0.25) is 0 Å². The van der Waals surface area contributed by atoms with Gasteiger partial charge in [-0.15, -0.1) is 13.2 Å². The van der Waals surface area contributed by atoms with Gasteiger partial charge in [0.15, 0.2) is 11.6 Å². The van der Waals surface area contributed by atoms with Gasteiger partial charge < -0.3 is 15.8 Å². The molecule has 2 aromatic rings. The quantitative estimate of drug-likeness (QED) is 0.660. The second-order valence-electron chi connectivity index (χ2n) is 4.03. The Balaban J connectivity index is 2.29. The van der Waals surface area contributed by atoms with Crippen LogP contribution in [0.3, 0.4) is 0 Å². The van der Waals surface area contributed by atoms with E-state index in [9.17, 15) is 22.0 Å². The predicted molar refractivity (Wildman–Crippen MR) is 67.2 cm³/mol. The van der Waals surface area contributed by atoms with E-state index >= 15 is 0 Å². The molecule has 0 unspecified atom stereocenters. The number of nitrogens with one attached hydrogen (secondary N) is 1. The molecule has 0 saturated heterocycles. The van der Waals surface area contributed by atoms with Crippen LogP contribution in [0.4, 0.5) is 39.0 Å². The molecule has 0 spiro atoms. The number of nitrogen functional groups attached to an aromatic ring is 1. The number of benzene rings is 2. The Kier molecular flexibility index (Phi) is 3.88. The zero-order valence-corrected chi connectivity index (χ0v) is 10.3. The van der Waals surface area contributed by atoms with Crippen LogP contribution in [-0.4, -0.2) is 6.36 Å². The molecule has 2 aromatic carbocycles. The molecule has 0 heterocycles. The summed E-state index contributed by atoms with van der Waals surface area (Å²) < 4.78 is 66.8. The first-order chi connectivity index (χ1) is 9.76. The van der Waals surface area contributed by atoms with Gasteiger partial charge in [-0.3, -0.25) is 0 Å². The number of hydrogen-bond donors (Lipinski definition) is 2. The number of anilines is 3. The number of nitrogens with two attached hydrogens (primary N) is 1. The van der Waals surface area contributed by atoms with Crippen molar-refractivity contribution in [3.05, 3.63) is 48.0 Å². The van der Waals surface area contributed by atoms with Gasteiger partial charge in [-0.25, -0.2) is 8.78 Å². The highest BCUT2D eigenvalue weighted by Gasteiger charge is 2.31. The Labute approximate surface area is 116 Å². The molecule has 0 fully saturated rings. The van der Waals surface area contributed by atoms with Crippen LogP contribution in [0.15, 0.2) is 36.4 Å². The molecule has 3 N–H and O–H groups in total. The number of hydrogen-bond acceptors (Lipinski definition) is 3. The van der Waals surface area contributed by atoms with Gasteiger partial charge in [-0.1, -0.05) is 6.07 Å². The molecule has 0 aliphatic carbocycles. The Morgan fingerprint density at radius 3 is 2.43 bits per heavy atom. The van der Waals surface area contributed by atoms with Crippen LogP contribution in [0, 0.1) is 11.6 Å². The summed E-state index contributed by atoms with van der Waals surface area (Å²) in [5.74, 6) is -2.85. The lowest BCUT2D eigenvalue weighted by atomic mass is 10.2. The van der Waals surface area contributed by atoms with E-state index in [0.29, 0.717) is 0 Å². The third kappa shape index (κ3) is 3.74. The molecular weight excluding hydrogens is 295 g/mol. The van der Waals surface area contributed by atoms with Crippen molar-refractivity contribution < 1.29 is 26.7 Å². The van der Waals surface area contributed by atoms with Crippen LogP contribution in [0.25, 0.3) is 0 Å². The van der Waals surface area contributed by atoms with E-state index in [1.165, 1.54) is 12.1 Å². The minimum Gasteiger partial charge on any atom is -0.406 e. The summed E-state index contributed by atoms with van der Waals surface area (Å²) in [6.07, 6.45) is -4.85. The highest BCUT2D eigenvalue weighted by molar-refractivity contribution is 5.73. The predicted octanol–water partition coefficient (Wildman–Crippen LogP) is 4.19. The Morgan fingerprint density at radius 1 is 1.05 bits per heavy atom. The number of halogens is 5. The molecule has 3 nitrogen and oxygen atoms in total. The molecule has 0 aromatic heterocycles. The van der Waals surface area contributed by atoms with E-state index in [1.54, 1.807) is 0 Å². The van der Waals surface area contributed by atoms with E-state index in [2.05, 4.69) is 10.1 Å². The molecule has 2 rings (SSSR count). The Hall–Kier alpha value is -2.51. The van der Waals surface area contributed by atoms with Crippen molar-refractivity contribution in [3.8, 4) is 5.75 Å². The fourth-order valence-electron chi connectivity index (χ4n) is 1.61. The summed E-state index contributed by atoms with van der Waals surface area (Å²) in [5, 5.41) is 2.42. The van der Waals surface area contributed by atoms with Gasteiger partial charge in [0.2, 0.25) is 0 Å². The van der Waals surface area contributed by atoms with E-state index in [-0.39, 0.29) is 17.1 Å². The van der Waals surface area contributed by atoms with Gasteiger partial charge in [-0.2, -0.15) is 0 Å². The summed E-state index contributed by atoms with van der Waals surface area (Å²) in [6, 6.07) is 6.65. The summed E-state index contributed by atoms with van der Waals surface area (Å²) >= 11 is 0. The molecule has 0 saturated carbocycles. The molecule has 0 radical (unpaired) electrons. The van der Waals surface area contributed by atoms with Crippen LogP contribution in [0.5, 0.6) is 5.75 Å². The lowest BCUT2D eigenvalue weighted by Gasteiger charge is -2.13. The van der Waals surface area contributed by atoms with Crippen LogP contribution in [0.1, 0.15) is 0 Å². The number of rotatable bonds is 3. The van der Waals surface area contributed by atoms with E-state index in [1.807, 2.05) is 0 Å². The fraction of sp³-hybridized carbons (Fsp3) is 0.0769. The summed E-state index contributed by atoms with van der Waals surface area (Å²) in [7, 11) is 0. The zero-order valence-electron chi connectivity index (χ0n) is 10.3. The molecule has 0 atom stereocenters. The number of alkyl halides is 3. The Morgan fingerprint density at radius 2 is 1.76 bits per heavy atom. The molecule has 0 aliphatic rings. The van der Waals surface area contributed by atoms with Gasteiger partial charge in [0.05, 0.1) is 5.69 Å². The highest BCUT2D eigenvalue weighted by Crippen LogP contribution is 2.30. The molecule has 0 amide bonds. The molecule has 0 aliphatic heterocycles. The minimum atomic E-state index is -4.85. The lowest BCUT2D eigenvalue weighted by Crippen LogP contribution is -2.17. The van der Waals surface area contributed by atoms with Gasteiger partial charge in [-0.05, 0) is 24.3 Å². The maximum atomic E-state index is 13.6. The average molecular weight is 304 g/mol. The zero-order chi connectivity index (χ0) is 15.6. The maximum Gasteiger partial charge on any atom is 0.573 e. The SMILES string of the molecule is Nc1ccc(F)c(F)c1Nc1cccc(OC(F)(F)F)c1. The second kappa shape index (κ2) is 5.47. The van der Waals surface area contributed by atoms with Crippen molar-refractivity contribution in [1.29, 1.82) is 0 Å². The molecule has 21 heavy (non-hydrogen) atoms. The third-order valence-electron chi connectivity index (χ3n) is 2.46. The van der Waals surface area contributed by atoms with Crippen LogP contribution in [-0.2, 0) is 0 Å². The summed E-state index contributed by atoms with van der Waals surface area (Å²) in [5.41, 5.74) is 5.11. The smallest absolute Gasteiger partial charge is 0.406 e. The number of ether oxygens (including phenoxy) is 1. The largest absolute Gasteiger partial charge is 0.573 e.